The Bertz CT molecular complexity index is 956. The van der Waals surface area contributed by atoms with E-state index in [1.807, 2.05) is 18.2 Å². The molecule has 1 aliphatic heterocycles. The summed E-state index contributed by atoms with van der Waals surface area (Å²) in [6, 6.07) is 10.4. The van der Waals surface area contributed by atoms with E-state index in [0.717, 1.165) is 31.9 Å². The van der Waals surface area contributed by atoms with Gasteiger partial charge >= 0.3 is 0 Å². The topological polar surface area (TPSA) is 75.2 Å². The third kappa shape index (κ3) is 3.04. The molecule has 1 aromatic carbocycles. The zero-order valence-corrected chi connectivity index (χ0v) is 13.4. The molecule has 3 heterocycles. The predicted octanol–water partition coefficient (Wildman–Crippen LogP) is 3.00. The van der Waals surface area contributed by atoms with Gasteiger partial charge in [0.25, 0.3) is 0 Å². The molecule has 0 bridgehead atoms. The average molecular weight is 337 g/mol. The number of nitrogens with one attached hydrogen (secondary N) is 1. The molecular weight excluding hydrogens is 321 g/mol. The molecule has 0 saturated carbocycles. The third-order valence-corrected chi connectivity index (χ3v) is 4.32. The lowest BCUT2D eigenvalue weighted by Gasteiger charge is -2.23. The maximum atomic E-state index is 13.6. The molecule has 0 radical (unpaired) electrons. The fourth-order valence-electron chi connectivity index (χ4n) is 2.97. The first-order valence-electron chi connectivity index (χ1n) is 8.14. The molecule has 25 heavy (non-hydrogen) atoms. The molecule has 7 heteroatoms. The first-order valence-corrected chi connectivity index (χ1v) is 8.14. The van der Waals surface area contributed by atoms with Gasteiger partial charge in [-0.25, -0.2) is 13.9 Å². The second kappa shape index (κ2) is 6.49. The number of aromatic nitrogens is 3. The fraction of sp³-hybridized carbons (Fsp3) is 0.278. The molecule has 0 unspecified atom stereocenters. The van der Waals surface area contributed by atoms with E-state index in [1.165, 1.54) is 12.1 Å². The van der Waals surface area contributed by atoms with Crippen molar-refractivity contribution in [1.82, 2.24) is 14.6 Å². The van der Waals surface area contributed by atoms with Gasteiger partial charge < -0.3 is 10.1 Å². The number of nitrogens with zero attached hydrogens (tertiary/aromatic N) is 4. The molecule has 126 valence electrons. The van der Waals surface area contributed by atoms with Crippen LogP contribution in [0.5, 0.6) is 0 Å². The molecule has 1 saturated heterocycles. The van der Waals surface area contributed by atoms with Gasteiger partial charge in [-0.15, -0.1) is 5.10 Å². The summed E-state index contributed by atoms with van der Waals surface area (Å²) in [4.78, 5) is 4.34. The van der Waals surface area contributed by atoms with Crippen molar-refractivity contribution in [2.45, 2.75) is 18.9 Å². The van der Waals surface area contributed by atoms with Crippen LogP contribution in [0.2, 0.25) is 0 Å². The third-order valence-electron chi connectivity index (χ3n) is 4.32. The number of imidazole rings is 1. The largest absolute Gasteiger partial charge is 0.381 e. The number of fused-ring (bicyclic) bond motifs is 1. The molecule has 0 spiro atoms. The van der Waals surface area contributed by atoms with E-state index in [1.54, 1.807) is 16.8 Å². The van der Waals surface area contributed by atoms with Crippen LogP contribution in [0.15, 0.2) is 36.5 Å². The lowest BCUT2D eigenvalue weighted by Crippen LogP contribution is -2.28. The summed E-state index contributed by atoms with van der Waals surface area (Å²) >= 11 is 0. The molecule has 0 aliphatic carbocycles. The Morgan fingerprint density at radius 3 is 2.88 bits per heavy atom. The van der Waals surface area contributed by atoms with Crippen LogP contribution in [0.1, 0.15) is 18.4 Å². The Morgan fingerprint density at radius 1 is 1.24 bits per heavy atom. The van der Waals surface area contributed by atoms with Crippen LogP contribution in [-0.4, -0.2) is 33.9 Å². The van der Waals surface area contributed by atoms with E-state index in [4.69, 9.17) is 10.00 Å². The minimum absolute atomic E-state index is 0.00364. The fourth-order valence-corrected chi connectivity index (χ4v) is 2.97. The first kappa shape index (κ1) is 15.5. The van der Waals surface area contributed by atoms with Gasteiger partial charge in [-0.05, 0) is 43.2 Å². The van der Waals surface area contributed by atoms with Gasteiger partial charge in [0.15, 0.2) is 5.65 Å². The quantitative estimate of drug-likeness (QED) is 0.795. The van der Waals surface area contributed by atoms with E-state index in [2.05, 4.69) is 15.4 Å². The second-order valence-electron chi connectivity index (χ2n) is 5.97. The standard InChI is InChI=1S/C18H16FN5O/c19-15-2-1-12(9-13(15)10-20)16-11-21-18-4-3-17(23-24(16)18)22-14-5-7-25-8-6-14/h1-4,9,11,14H,5-8H2,(H,22,23). The van der Waals surface area contributed by atoms with Gasteiger partial charge in [0.05, 0.1) is 17.5 Å². The molecule has 1 fully saturated rings. The van der Waals surface area contributed by atoms with Crippen molar-refractivity contribution in [1.29, 1.82) is 5.26 Å². The molecule has 3 aromatic rings. The van der Waals surface area contributed by atoms with Crippen LogP contribution in [-0.2, 0) is 4.74 Å². The van der Waals surface area contributed by atoms with Gasteiger partial charge in [-0.3, -0.25) is 0 Å². The maximum absolute atomic E-state index is 13.6. The molecule has 0 amide bonds. The lowest BCUT2D eigenvalue weighted by molar-refractivity contribution is 0.0903. The monoisotopic (exact) mass is 337 g/mol. The van der Waals surface area contributed by atoms with Crippen LogP contribution < -0.4 is 5.32 Å². The highest BCUT2D eigenvalue weighted by Gasteiger charge is 2.15. The Labute approximate surface area is 143 Å². The first-order chi connectivity index (χ1) is 12.2. The summed E-state index contributed by atoms with van der Waals surface area (Å²) in [5.41, 5.74) is 2.10. The molecular formula is C18H16FN5O. The van der Waals surface area contributed by atoms with E-state index < -0.39 is 5.82 Å². The lowest BCUT2D eigenvalue weighted by atomic mass is 10.1. The van der Waals surface area contributed by atoms with Gasteiger partial charge in [0.1, 0.15) is 17.7 Å². The van der Waals surface area contributed by atoms with Gasteiger partial charge in [-0.1, -0.05) is 0 Å². The van der Waals surface area contributed by atoms with Crippen LogP contribution >= 0.6 is 0 Å². The molecule has 1 aliphatic rings. The van der Waals surface area contributed by atoms with Gasteiger partial charge in [0.2, 0.25) is 0 Å². The van der Waals surface area contributed by atoms with Crippen molar-refractivity contribution in [2.75, 3.05) is 18.5 Å². The Balaban J connectivity index is 1.70. The predicted molar refractivity (Wildman–Crippen MR) is 90.6 cm³/mol. The van der Waals surface area contributed by atoms with Crippen molar-refractivity contribution < 1.29 is 9.13 Å². The Kier molecular flexibility index (Phi) is 4.04. The maximum Gasteiger partial charge on any atom is 0.154 e. The number of ether oxygens (including phenoxy) is 1. The van der Waals surface area contributed by atoms with Gasteiger partial charge in [0, 0.05) is 24.8 Å². The van der Waals surface area contributed by atoms with E-state index in [-0.39, 0.29) is 5.56 Å². The summed E-state index contributed by atoms with van der Waals surface area (Å²) < 4.78 is 20.6. The number of rotatable bonds is 3. The van der Waals surface area contributed by atoms with Crippen molar-refractivity contribution >= 4 is 11.5 Å². The van der Waals surface area contributed by atoms with Crippen molar-refractivity contribution in [3.63, 3.8) is 0 Å². The van der Waals surface area contributed by atoms with Crippen LogP contribution in [0.4, 0.5) is 10.2 Å². The van der Waals surface area contributed by atoms with Crippen molar-refractivity contribution in [3.05, 3.63) is 47.9 Å². The van der Waals surface area contributed by atoms with Crippen LogP contribution in [0.25, 0.3) is 16.9 Å². The number of nitriles is 1. The molecule has 4 rings (SSSR count). The summed E-state index contributed by atoms with van der Waals surface area (Å²) in [6.45, 7) is 1.51. The molecule has 0 atom stereocenters. The molecule has 2 aromatic heterocycles. The smallest absolute Gasteiger partial charge is 0.154 e. The van der Waals surface area contributed by atoms with Crippen molar-refractivity contribution in [2.24, 2.45) is 0 Å². The second-order valence-corrected chi connectivity index (χ2v) is 5.97. The van der Waals surface area contributed by atoms with Crippen LogP contribution in [0.3, 0.4) is 0 Å². The highest BCUT2D eigenvalue weighted by Crippen LogP contribution is 2.23. The molecule has 6 nitrogen and oxygen atoms in total. The number of benzene rings is 1. The summed E-state index contributed by atoms with van der Waals surface area (Å²) in [6.07, 6.45) is 3.56. The highest BCUT2D eigenvalue weighted by atomic mass is 19.1. The van der Waals surface area contributed by atoms with E-state index in [0.29, 0.717) is 22.9 Å². The normalized spacial score (nSPS) is 15.2. The average Bonchev–Trinajstić information content (AvgIpc) is 3.06. The zero-order chi connectivity index (χ0) is 17.2. The number of hydrogen-bond donors (Lipinski definition) is 1. The summed E-state index contributed by atoms with van der Waals surface area (Å²) in [7, 11) is 0. The SMILES string of the molecule is N#Cc1cc(-c2cnc3ccc(NC4CCOCC4)nn23)ccc1F. The number of halogens is 1. The Hall–Kier alpha value is -2.98. The molecule has 1 N–H and O–H groups in total. The van der Waals surface area contributed by atoms with E-state index >= 15 is 0 Å². The van der Waals surface area contributed by atoms with Crippen LogP contribution in [0, 0.1) is 17.1 Å². The summed E-state index contributed by atoms with van der Waals surface area (Å²) in [5.74, 6) is 0.219. The summed E-state index contributed by atoms with van der Waals surface area (Å²) in [5, 5.41) is 17.1. The van der Waals surface area contributed by atoms with Crippen molar-refractivity contribution in [3.8, 4) is 17.3 Å². The Morgan fingerprint density at radius 2 is 2.08 bits per heavy atom. The minimum atomic E-state index is -0.532. The number of hydrogen-bond acceptors (Lipinski definition) is 5. The highest BCUT2D eigenvalue weighted by molar-refractivity contribution is 5.65. The zero-order valence-electron chi connectivity index (χ0n) is 13.4. The number of anilines is 1. The van der Waals surface area contributed by atoms with Gasteiger partial charge in [-0.2, -0.15) is 5.26 Å². The minimum Gasteiger partial charge on any atom is -0.381 e. The van der Waals surface area contributed by atoms with E-state index in [9.17, 15) is 4.39 Å².